The van der Waals surface area contributed by atoms with Crippen molar-refractivity contribution in [3.05, 3.63) is 40.2 Å². The third-order valence-corrected chi connectivity index (χ3v) is 5.76. The first-order valence-electron chi connectivity index (χ1n) is 8.38. The van der Waals surface area contributed by atoms with Crippen LogP contribution in [0.3, 0.4) is 0 Å². The summed E-state index contributed by atoms with van der Waals surface area (Å²) in [6.45, 7) is 2.43. The molecule has 2 aromatic rings. The number of thiocarbonyl (C=S) groups is 1. The third-order valence-electron chi connectivity index (χ3n) is 3.70. The van der Waals surface area contributed by atoms with E-state index in [-0.39, 0.29) is 30.5 Å². The molecule has 2 amide bonds. The zero-order valence-corrected chi connectivity index (χ0v) is 17.3. The Bertz CT molecular complexity index is 928. The first-order chi connectivity index (χ1) is 13.5. The number of ether oxygens (including phenoxy) is 1. The second-order valence-corrected chi connectivity index (χ2v) is 8.20. The average molecular weight is 436 g/mol. The number of phenols is 1. The maximum atomic E-state index is 12.7. The number of carbonyl (C=O) groups excluding carboxylic acids is 2. The normalized spacial score (nSPS) is 15.3. The summed E-state index contributed by atoms with van der Waals surface area (Å²) in [5.74, 6) is -0.0840. The van der Waals surface area contributed by atoms with Crippen LogP contribution in [0.1, 0.15) is 18.9 Å². The van der Waals surface area contributed by atoms with Crippen LogP contribution < -0.4 is 10.1 Å². The molecule has 1 saturated heterocycles. The Morgan fingerprint density at radius 2 is 2.29 bits per heavy atom. The van der Waals surface area contributed by atoms with Crippen LogP contribution in [0, 0.1) is 0 Å². The minimum absolute atomic E-state index is 0.0396. The Hall–Kier alpha value is -2.43. The van der Waals surface area contributed by atoms with E-state index < -0.39 is 0 Å². The van der Waals surface area contributed by atoms with E-state index in [1.54, 1.807) is 29.8 Å². The fourth-order valence-electron chi connectivity index (χ4n) is 2.42. The first kappa shape index (κ1) is 20.3. The lowest BCUT2D eigenvalue weighted by Gasteiger charge is -2.13. The van der Waals surface area contributed by atoms with Crippen LogP contribution in [0.2, 0.25) is 0 Å². The summed E-state index contributed by atoms with van der Waals surface area (Å²) in [6.07, 6.45) is 3.41. The Morgan fingerprint density at radius 1 is 1.46 bits per heavy atom. The predicted molar refractivity (Wildman–Crippen MR) is 115 cm³/mol. The van der Waals surface area contributed by atoms with E-state index in [1.165, 1.54) is 34.1 Å². The molecule has 1 aliphatic rings. The molecule has 28 heavy (non-hydrogen) atoms. The van der Waals surface area contributed by atoms with Gasteiger partial charge in [0.05, 0.1) is 11.5 Å². The first-order valence-corrected chi connectivity index (χ1v) is 10.5. The zero-order valence-electron chi connectivity index (χ0n) is 14.9. The van der Waals surface area contributed by atoms with E-state index in [1.807, 2.05) is 6.92 Å². The van der Waals surface area contributed by atoms with Gasteiger partial charge >= 0.3 is 0 Å². The van der Waals surface area contributed by atoms with E-state index in [0.717, 1.165) is 0 Å². The van der Waals surface area contributed by atoms with Crippen molar-refractivity contribution in [2.24, 2.45) is 0 Å². The number of hydrogen-bond acceptors (Lipinski definition) is 8. The maximum Gasteiger partial charge on any atom is 0.266 e. The van der Waals surface area contributed by atoms with Gasteiger partial charge in [0, 0.05) is 24.5 Å². The summed E-state index contributed by atoms with van der Waals surface area (Å²) in [5, 5.41) is 14.8. The fraction of sp³-hybridized carbons (Fsp3) is 0.222. The number of aromatic nitrogens is 1. The highest BCUT2D eigenvalue weighted by atomic mass is 32.2. The lowest BCUT2D eigenvalue weighted by Crippen LogP contribution is -2.31. The maximum absolute atomic E-state index is 12.7. The molecule has 10 heteroatoms. The number of nitrogens with zero attached hydrogens (tertiary/aromatic N) is 2. The Labute approximate surface area is 175 Å². The number of benzene rings is 1. The molecule has 1 aliphatic heterocycles. The van der Waals surface area contributed by atoms with Crippen molar-refractivity contribution in [1.29, 1.82) is 0 Å². The quantitative estimate of drug-likeness (QED) is 0.508. The summed E-state index contributed by atoms with van der Waals surface area (Å²) >= 11 is 7.80. The van der Waals surface area contributed by atoms with Gasteiger partial charge in [-0.3, -0.25) is 14.5 Å². The summed E-state index contributed by atoms with van der Waals surface area (Å²) in [4.78, 5) is 30.5. The standard InChI is InChI=1S/C18H17N3O4S3/c1-2-25-13-9-11(3-4-12(13)22)10-14-16(24)21(18(26)28-14)7-5-15(23)20-17-19-6-8-27-17/h3-4,6,8-10,22H,2,5,7H2,1H3,(H,19,20,23)/b14-10-. The average Bonchev–Trinajstić information content (AvgIpc) is 3.25. The van der Waals surface area contributed by atoms with Gasteiger partial charge in [-0.05, 0) is 30.7 Å². The van der Waals surface area contributed by atoms with Crippen LogP contribution in [-0.2, 0) is 9.59 Å². The summed E-state index contributed by atoms with van der Waals surface area (Å²) in [5.41, 5.74) is 0.711. The molecule has 0 saturated carbocycles. The number of amides is 2. The number of rotatable bonds is 7. The lowest BCUT2D eigenvalue weighted by molar-refractivity contribution is -0.122. The second kappa shape index (κ2) is 9.18. The monoisotopic (exact) mass is 435 g/mol. The molecule has 2 N–H and O–H groups in total. The highest BCUT2D eigenvalue weighted by Crippen LogP contribution is 2.34. The van der Waals surface area contributed by atoms with Gasteiger partial charge in [0.1, 0.15) is 4.32 Å². The van der Waals surface area contributed by atoms with Crippen LogP contribution >= 0.6 is 35.3 Å². The van der Waals surface area contributed by atoms with Gasteiger partial charge in [0.2, 0.25) is 5.91 Å². The Morgan fingerprint density at radius 3 is 3.00 bits per heavy atom. The molecular formula is C18H17N3O4S3. The van der Waals surface area contributed by atoms with Crippen molar-refractivity contribution in [2.45, 2.75) is 13.3 Å². The van der Waals surface area contributed by atoms with Gasteiger partial charge in [-0.1, -0.05) is 30.0 Å². The molecule has 0 radical (unpaired) electrons. The molecular weight excluding hydrogens is 418 g/mol. The van der Waals surface area contributed by atoms with Crippen molar-refractivity contribution in [3.63, 3.8) is 0 Å². The van der Waals surface area contributed by atoms with Gasteiger partial charge in [0.15, 0.2) is 16.6 Å². The molecule has 3 rings (SSSR count). The van der Waals surface area contributed by atoms with Gasteiger partial charge < -0.3 is 15.2 Å². The van der Waals surface area contributed by atoms with E-state index >= 15 is 0 Å². The van der Waals surface area contributed by atoms with E-state index in [2.05, 4.69) is 10.3 Å². The molecule has 0 bridgehead atoms. The summed E-state index contributed by atoms with van der Waals surface area (Å²) in [7, 11) is 0. The van der Waals surface area contributed by atoms with Crippen LogP contribution in [-0.4, -0.2) is 44.3 Å². The number of thioether (sulfide) groups is 1. The number of anilines is 1. The van der Waals surface area contributed by atoms with Crippen molar-refractivity contribution in [3.8, 4) is 11.5 Å². The smallest absolute Gasteiger partial charge is 0.266 e. The van der Waals surface area contributed by atoms with E-state index in [4.69, 9.17) is 17.0 Å². The van der Waals surface area contributed by atoms with Crippen molar-refractivity contribution in [2.75, 3.05) is 18.5 Å². The molecule has 146 valence electrons. The summed E-state index contributed by atoms with van der Waals surface area (Å²) in [6, 6.07) is 4.86. The Kier molecular flexibility index (Phi) is 6.65. The second-order valence-electron chi connectivity index (χ2n) is 5.63. The molecule has 0 spiro atoms. The number of thiazole rings is 1. The minimum atomic E-state index is -0.247. The van der Waals surface area contributed by atoms with E-state index in [9.17, 15) is 14.7 Å². The number of nitrogens with one attached hydrogen (secondary N) is 1. The fourth-order valence-corrected chi connectivity index (χ4v) is 4.27. The molecule has 7 nitrogen and oxygen atoms in total. The van der Waals surface area contributed by atoms with Crippen LogP contribution in [0.5, 0.6) is 11.5 Å². The topological polar surface area (TPSA) is 91.8 Å². The summed E-state index contributed by atoms with van der Waals surface area (Å²) < 4.78 is 5.77. The van der Waals surface area contributed by atoms with Crippen molar-refractivity contribution < 1.29 is 19.4 Å². The molecule has 1 aromatic carbocycles. The molecule has 2 heterocycles. The highest BCUT2D eigenvalue weighted by molar-refractivity contribution is 8.26. The van der Waals surface area contributed by atoms with Crippen molar-refractivity contribution >= 4 is 62.7 Å². The molecule has 0 unspecified atom stereocenters. The minimum Gasteiger partial charge on any atom is -0.504 e. The van der Waals surface area contributed by atoms with Crippen LogP contribution in [0.15, 0.2) is 34.7 Å². The number of hydrogen-bond donors (Lipinski definition) is 2. The molecule has 1 aromatic heterocycles. The van der Waals surface area contributed by atoms with Crippen LogP contribution in [0.25, 0.3) is 6.08 Å². The molecule has 0 aliphatic carbocycles. The van der Waals surface area contributed by atoms with Gasteiger partial charge in [-0.2, -0.15) is 0 Å². The largest absolute Gasteiger partial charge is 0.504 e. The zero-order chi connectivity index (χ0) is 20.1. The number of phenolic OH excluding ortho intramolecular Hbond substituents is 1. The van der Waals surface area contributed by atoms with Gasteiger partial charge in [-0.25, -0.2) is 4.98 Å². The lowest BCUT2D eigenvalue weighted by atomic mass is 10.2. The van der Waals surface area contributed by atoms with Crippen molar-refractivity contribution in [1.82, 2.24) is 9.88 Å². The molecule has 1 fully saturated rings. The SMILES string of the molecule is CCOc1cc(/C=C2\SC(=S)N(CCC(=O)Nc3nccs3)C2=O)ccc1O. The van der Waals surface area contributed by atoms with E-state index in [0.29, 0.717) is 32.3 Å². The van der Waals surface area contributed by atoms with Gasteiger partial charge in [-0.15, -0.1) is 11.3 Å². The third kappa shape index (κ3) is 4.89. The number of carbonyl (C=O) groups is 2. The highest BCUT2D eigenvalue weighted by Gasteiger charge is 2.32. The Balaban J connectivity index is 1.65. The predicted octanol–water partition coefficient (Wildman–Crippen LogP) is 3.48. The number of aromatic hydroxyl groups is 1. The molecule has 0 atom stereocenters. The van der Waals surface area contributed by atoms with Gasteiger partial charge in [0.25, 0.3) is 5.91 Å². The van der Waals surface area contributed by atoms with Crippen LogP contribution in [0.4, 0.5) is 5.13 Å².